The molecule has 3 N–H and O–H groups in total. The van der Waals surface area contributed by atoms with Gasteiger partial charge in [-0.05, 0) is 36.4 Å². The molecule has 15 nitrogen and oxygen atoms in total. The Balaban J connectivity index is 0.000000281. The van der Waals surface area contributed by atoms with E-state index in [1.54, 1.807) is 42.7 Å². The van der Waals surface area contributed by atoms with Gasteiger partial charge in [-0.3, -0.25) is 14.8 Å². The van der Waals surface area contributed by atoms with Crippen LogP contribution in [0, 0.1) is 0 Å². The van der Waals surface area contributed by atoms with Crippen LogP contribution in [0.3, 0.4) is 0 Å². The molecule has 0 aromatic carbocycles. The number of carboxylic acids is 3. The Labute approximate surface area is 269 Å². The summed E-state index contributed by atoms with van der Waals surface area (Å²) in [6.07, 6.45) is 1.07. The van der Waals surface area contributed by atoms with E-state index in [0.717, 1.165) is 0 Å². The third kappa shape index (κ3) is 12.4. The van der Waals surface area contributed by atoms with Gasteiger partial charge in [-0.15, -0.1) is 0 Å². The van der Waals surface area contributed by atoms with E-state index >= 15 is 0 Å². The van der Waals surface area contributed by atoms with Crippen molar-refractivity contribution in [2.75, 3.05) is 14.2 Å². The van der Waals surface area contributed by atoms with Crippen molar-refractivity contribution in [3.05, 3.63) is 107 Å². The number of pyridine rings is 4. The summed E-state index contributed by atoms with van der Waals surface area (Å²) < 4.78 is 53.2. The molecule has 4 heterocycles. The number of hydrogen-bond donors (Lipinski definition) is 3. The lowest BCUT2D eigenvalue weighted by Gasteiger charge is -2.17. The second kappa shape index (κ2) is 18.8. The van der Waals surface area contributed by atoms with Gasteiger partial charge in [0.25, 0.3) is 0 Å². The molecule has 48 heavy (non-hydrogen) atoms. The smallest absolute Gasteiger partial charge is 0.485 e. The van der Waals surface area contributed by atoms with E-state index in [-0.39, 0.29) is 24.6 Å². The fourth-order valence-electron chi connectivity index (χ4n) is 3.33. The number of carbonyl (C=O) groups excluding carboxylic acids is 1. The molecule has 0 atom stereocenters. The van der Waals surface area contributed by atoms with Crippen molar-refractivity contribution in [3.63, 3.8) is 0 Å². The summed E-state index contributed by atoms with van der Waals surface area (Å²) >= 11 is 0. The largest absolute Gasteiger partial charge is 0.490 e. The van der Waals surface area contributed by atoms with Gasteiger partial charge in [0, 0.05) is 26.6 Å². The SMILES string of the molecule is COC(OC)c1ccncc1OCc1cccc(C(=O)O)n1.O=C(O)C(F)(F)F.O=Cc1ccncc1OCc1cccc(C(=O)O)n1. The Morgan fingerprint density at radius 2 is 1.23 bits per heavy atom. The van der Waals surface area contributed by atoms with E-state index in [4.69, 9.17) is 39.1 Å². The number of methoxy groups -OCH3 is 2. The number of carboxylic acid groups (broad SMARTS) is 3. The minimum Gasteiger partial charge on any atom is -0.485 e. The molecule has 0 aliphatic carbocycles. The average Bonchev–Trinajstić information content (AvgIpc) is 3.08. The highest BCUT2D eigenvalue weighted by molar-refractivity contribution is 5.85. The monoisotopic (exact) mass is 676 g/mol. The van der Waals surface area contributed by atoms with Crippen molar-refractivity contribution < 1.29 is 66.6 Å². The highest BCUT2D eigenvalue weighted by Crippen LogP contribution is 2.27. The molecule has 18 heteroatoms. The molecule has 4 aromatic heterocycles. The van der Waals surface area contributed by atoms with Crippen molar-refractivity contribution in [2.24, 2.45) is 0 Å². The van der Waals surface area contributed by atoms with Crippen LogP contribution in [0.2, 0.25) is 0 Å². The predicted octanol–water partition coefficient (Wildman–Crippen LogP) is 4.24. The number of ether oxygens (including phenoxy) is 4. The number of rotatable bonds is 12. The van der Waals surface area contributed by atoms with Crippen LogP contribution in [0.4, 0.5) is 13.2 Å². The van der Waals surface area contributed by atoms with Crippen LogP contribution < -0.4 is 9.47 Å². The molecule has 0 radical (unpaired) electrons. The Morgan fingerprint density at radius 3 is 1.67 bits per heavy atom. The second-order valence-corrected chi connectivity index (χ2v) is 8.77. The van der Waals surface area contributed by atoms with Crippen LogP contribution in [0.15, 0.2) is 73.3 Å². The van der Waals surface area contributed by atoms with Crippen LogP contribution in [-0.2, 0) is 27.5 Å². The summed E-state index contributed by atoms with van der Waals surface area (Å²) in [4.78, 5) is 57.1. The van der Waals surface area contributed by atoms with E-state index < -0.39 is 30.4 Å². The van der Waals surface area contributed by atoms with E-state index in [1.165, 1.54) is 44.8 Å². The lowest BCUT2D eigenvalue weighted by Crippen LogP contribution is -2.21. The van der Waals surface area contributed by atoms with Crippen molar-refractivity contribution in [1.82, 2.24) is 19.9 Å². The molecule has 4 aromatic rings. The molecule has 0 aliphatic heterocycles. The summed E-state index contributed by atoms with van der Waals surface area (Å²) in [6.45, 7) is 0.174. The van der Waals surface area contributed by atoms with Gasteiger partial charge >= 0.3 is 24.1 Å². The van der Waals surface area contributed by atoms with Gasteiger partial charge in [0.15, 0.2) is 12.6 Å². The number of aromatic carboxylic acids is 2. The predicted molar refractivity (Wildman–Crippen MR) is 155 cm³/mol. The molecule has 0 spiro atoms. The molecular weight excluding hydrogens is 649 g/mol. The van der Waals surface area contributed by atoms with Gasteiger partial charge in [-0.2, -0.15) is 13.2 Å². The molecule has 254 valence electrons. The zero-order valence-electron chi connectivity index (χ0n) is 25.0. The van der Waals surface area contributed by atoms with E-state index in [1.807, 2.05) is 0 Å². The fourth-order valence-corrected chi connectivity index (χ4v) is 3.33. The first kappa shape index (κ1) is 38.2. The van der Waals surface area contributed by atoms with E-state index in [9.17, 15) is 27.6 Å². The van der Waals surface area contributed by atoms with Crippen LogP contribution in [0.25, 0.3) is 0 Å². The number of hydrogen-bond acceptors (Lipinski definition) is 12. The van der Waals surface area contributed by atoms with Crippen LogP contribution in [0.5, 0.6) is 11.5 Å². The lowest BCUT2D eigenvalue weighted by molar-refractivity contribution is -0.192. The molecule has 0 amide bonds. The van der Waals surface area contributed by atoms with Gasteiger partial charge < -0.3 is 34.3 Å². The van der Waals surface area contributed by atoms with Crippen LogP contribution in [-0.4, -0.2) is 79.8 Å². The Kier molecular flexibility index (Phi) is 15.0. The third-order valence-electron chi connectivity index (χ3n) is 5.49. The van der Waals surface area contributed by atoms with E-state index in [0.29, 0.717) is 40.3 Å². The van der Waals surface area contributed by atoms with Gasteiger partial charge in [0.2, 0.25) is 0 Å². The number of halogens is 3. The number of carbonyl (C=O) groups is 4. The first-order valence-corrected chi connectivity index (χ1v) is 13.1. The normalized spacial score (nSPS) is 10.5. The minimum absolute atomic E-state index is 0.0285. The second-order valence-electron chi connectivity index (χ2n) is 8.77. The molecule has 0 fully saturated rings. The number of aliphatic carboxylic acids is 1. The summed E-state index contributed by atoms with van der Waals surface area (Å²) in [5, 5.41) is 24.9. The summed E-state index contributed by atoms with van der Waals surface area (Å²) in [7, 11) is 3.05. The van der Waals surface area contributed by atoms with Gasteiger partial charge in [-0.1, -0.05) is 12.1 Å². The number of aromatic nitrogens is 4. The fraction of sp³-hybridized carbons (Fsp3) is 0.200. The van der Waals surface area contributed by atoms with Gasteiger partial charge in [0.1, 0.15) is 36.1 Å². The highest BCUT2D eigenvalue weighted by Gasteiger charge is 2.38. The zero-order valence-corrected chi connectivity index (χ0v) is 25.0. The third-order valence-corrected chi connectivity index (χ3v) is 5.49. The molecule has 0 saturated carbocycles. The first-order chi connectivity index (χ1) is 22.8. The number of aldehydes is 1. The van der Waals surface area contributed by atoms with E-state index in [2.05, 4.69) is 19.9 Å². The zero-order chi connectivity index (χ0) is 35.7. The molecule has 4 rings (SSSR count). The Hall–Kier alpha value is -6.01. The number of nitrogens with zero attached hydrogens (tertiary/aromatic N) is 4. The highest BCUT2D eigenvalue weighted by atomic mass is 19.4. The minimum atomic E-state index is -5.08. The Morgan fingerprint density at radius 1 is 0.771 bits per heavy atom. The Bertz CT molecular complexity index is 1690. The van der Waals surface area contributed by atoms with Gasteiger partial charge in [0.05, 0.1) is 34.9 Å². The summed E-state index contributed by atoms with van der Waals surface area (Å²) in [5.41, 5.74) is 1.95. The molecular formula is C30H27F3N4O11. The van der Waals surface area contributed by atoms with Crippen molar-refractivity contribution in [1.29, 1.82) is 0 Å². The molecule has 0 saturated heterocycles. The van der Waals surface area contributed by atoms with Crippen molar-refractivity contribution >= 4 is 24.2 Å². The summed E-state index contributed by atoms with van der Waals surface area (Å²) in [5.74, 6) is -4.12. The van der Waals surface area contributed by atoms with Crippen molar-refractivity contribution in [2.45, 2.75) is 25.7 Å². The number of alkyl halides is 3. The standard InChI is InChI=1S/C15H16N2O5.C13H10N2O4.C2HF3O2/c1-20-15(21-2)11-6-7-16-8-13(11)22-9-10-4-3-5-12(17-10)14(18)19;16-7-9-4-5-14-6-12(9)19-8-10-2-1-3-11(15-10)13(17)18;3-2(4,5)1(6)7/h3-8,15H,9H2,1-2H3,(H,18,19);1-7H,8H2,(H,17,18);(H,6,7). The lowest BCUT2D eigenvalue weighted by atomic mass is 10.2. The van der Waals surface area contributed by atoms with Gasteiger partial charge in [-0.25, -0.2) is 24.4 Å². The maximum atomic E-state index is 10.9. The quantitative estimate of drug-likeness (QED) is 0.141. The molecule has 0 aliphatic rings. The van der Waals surface area contributed by atoms with Crippen LogP contribution in [0.1, 0.15) is 54.6 Å². The topological polar surface area (TPSA) is 217 Å². The van der Waals surface area contributed by atoms with Crippen molar-refractivity contribution in [3.8, 4) is 11.5 Å². The molecule has 0 unspecified atom stereocenters. The average molecular weight is 677 g/mol. The summed E-state index contributed by atoms with van der Waals surface area (Å²) in [6, 6.07) is 12.6. The maximum absolute atomic E-state index is 10.9. The van der Waals surface area contributed by atoms with Crippen LogP contribution >= 0.6 is 0 Å². The first-order valence-electron chi connectivity index (χ1n) is 13.1. The molecule has 0 bridgehead atoms. The maximum Gasteiger partial charge on any atom is 0.490 e.